The van der Waals surface area contributed by atoms with Gasteiger partial charge in [0.1, 0.15) is 12.6 Å². The molecule has 0 aromatic carbocycles. The molecule has 0 aliphatic rings. The van der Waals surface area contributed by atoms with Gasteiger partial charge in [-0.3, -0.25) is 23.4 Å². The summed E-state index contributed by atoms with van der Waals surface area (Å²) in [5.74, 6) is -2.44. The zero-order valence-corrected chi connectivity index (χ0v) is 36.8. The number of aliphatic carboxylic acids is 1. The van der Waals surface area contributed by atoms with Crippen LogP contribution >= 0.6 is 7.82 Å². The summed E-state index contributed by atoms with van der Waals surface area (Å²) in [4.78, 5) is 46.0. The fraction of sp³-hybridized carbons (Fsp3) is 0.674. The Labute approximate surface area is 350 Å². The van der Waals surface area contributed by atoms with Crippen LogP contribution in [0.3, 0.4) is 0 Å². The standard InChI is InChI=1S/C46H78NO10P/c1-3-5-7-9-11-13-15-17-19-21-23-25-27-29-31-33-35-37-44(48)54-39-42(40-55-58(52,53)56-41-43(47)46(50)51)57-45(49)38-36-34-32-30-28-26-24-22-20-18-16-14-12-10-8-6-4-2/h11-14,17-20,23-26,42-43H,3-10,15-16,21-22,27-41,47H2,1-2H3,(H,50,51)(H,52,53)/b13-11+,14-12+,19-17+,20-18+,25-23+,26-24+/t42-,43+/m1/s1. The largest absolute Gasteiger partial charge is 0.480 e. The first-order valence-electron chi connectivity index (χ1n) is 22.0. The number of phosphoric acid groups is 1. The molecule has 0 amide bonds. The molecule has 0 radical (unpaired) electrons. The van der Waals surface area contributed by atoms with Crippen LogP contribution in [-0.4, -0.2) is 59.9 Å². The van der Waals surface area contributed by atoms with Gasteiger partial charge in [0.2, 0.25) is 0 Å². The van der Waals surface area contributed by atoms with Crippen LogP contribution in [0.15, 0.2) is 72.9 Å². The fourth-order valence-electron chi connectivity index (χ4n) is 5.43. The average molecular weight is 836 g/mol. The first-order valence-corrected chi connectivity index (χ1v) is 23.5. The first kappa shape index (κ1) is 54.9. The Morgan fingerprint density at radius 2 is 0.914 bits per heavy atom. The van der Waals surface area contributed by atoms with Gasteiger partial charge in [-0.1, -0.05) is 138 Å². The minimum Gasteiger partial charge on any atom is -0.480 e. The lowest BCUT2D eigenvalue weighted by Gasteiger charge is -2.20. The lowest BCUT2D eigenvalue weighted by Crippen LogP contribution is -2.34. The molecule has 0 aliphatic heterocycles. The van der Waals surface area contributed by atoms with E-state index in [0.717, 1.165) is 89.9 Å². The van der Waals surface area contributed by atoms with E-state index in [-0.39, 0.29) is 19.4 Å². The maximum atomic E-state index is 12.6. The van der Waals surface area contributed by atoms with Gasteiger partial charge in [0.25, 0.3) is 0 Å². The second-order valence-corrected chi connectivity index (χ2v) is 15.9. The Hall–Kier alpha value is -3.08. The molecule has 3 atom stereocenters. The van der Waals surface area contributed by atoms with Gasteiger partial charge in [-0.25, -0.2) is 4.57 Å². The van der Waals surface area contributed by atoms with E-state index in [1.807, 2.05) is 0 Å². The second kappa shape index (κ2) is 40.7. The number of hydrogen-bond donors (Lipinski definition) is 3. The van der Waals surface area contributed by atoms with Crippen LogP contribution in [0.4, 0.5) is 0 Å². The van der Waals surface area contributed by atoms with Gasteiger partial charge < -0.3 is 25.2 Å². The molecule has 0 rings (SSSR count). The Bertz CT molecular complexity index is 1260. The van der Waals surface area contributed by atoms with Crippen molar-refractivity contribution in [1.29, 1.82) is 0 Å². The summed E-state index contributed by atoms with van der Waals surface area (Å²) in [5.41, 5.74) is 5.33. The van der Waals surface area contributed by atoms with Crippen molar-refractivity contribution >= 4 is 25.7 Å². The molecular formula is C46H78NO10P. The van der Waals surface area contributed by atoms with Crippen molar-refractivity contribution in [2.24, 2.45) is 5.73 Å². The van der Waals surface area contributed by atoms with Crippen LogP contribution < -0.4 is 5.73 Å². The van der Waals surface area contributed by atoms with Crippen molar-refractivity contribution in [3.05, 3.63) is 72.9 Å². The molecule has 0 heterocycles. The molecule has 1 unspecified atom stereocenters. The molecule has 0 fully saturated rings. The number of carboxylic acids is 1. The van der Waals surface area contributed by atoms with Crippen molar-refractivity contribution in [1.82, 2.24) is 0 Å². The summed E-state index contributed by atoms with van der Waals surface area (Å²) >= 11 is 0. The number of carboxylic acid groups (broad SMARTS) is 1. The topological polar surface area (TPSA) is 172 Å². The number of rotatable bonds is 40. The molecule has 0 aliphatic carbocycles. The molecule has 0 saturated carbocycles. The van der Waals surface area contributed by atoms with Crippen molar-refractivity contribution in [3.63, 3.8) is 0 Å². The number of phosphoric ester groups is 1. The zero-order valence-electron chi connectivity index (χ0n) is 35.9. The lowest BCUT2D eigenvalue weighted by molar-refractivity contribution is -0.161. The number of allylic oxidation sites excluding steroid dienone is 12. The van der Waals surface area contributed by atoms with E-state index in [9.17, 15) is 23.8 Å². The summed E-state index contributed by atoms with van der Waals surface area (Å²) in [6.07, 6.45) is 48.1. The Morgan fingerprint density at radius 3 is 1.34 bits per heavy atom. The third kappa shape index (κ3) is 39.7. The predicted molar refractivity (Wildman–Crippen MR) is 235 cm³/mol. The van der Waals surface area contributed by atoms with Gasteiger partial charge in [0, 0.05) is 12.8 Å². The zero-order chi connectivity index (χ0) is 42.8. The molecule has 0 spiro atoms. The first-order chi connectivity index (χ1) is 28.1. The van der Waals surface area contributed by atoms with Crippen LogP contribution in [0, 0.1) is 0 Å². The van der Waals surface area contributed by atoms with E-state index < -0.39 is 51.1 Å². The highest BCUT2D eigenvalue weighted by Crippen LogP contribution is 2.43. The van der Waals surface area contributed by atoms with Crippen molar-refractivity contribution in [2.45, 2.75) is 180 Å². The smallest absolute Gasteiger partial charge is 0.472 e. The predicted octanol–water partition coefficient (Wildman–Crippen LogP) is 11.7. The van der Waals surface area contributed by atoms with Crippen molar-refractivity contribution in [2.75, 3.05) is 19.8 Å². The van der Waals surface area contributed by atoms with Gasteiger partial charge in [0.05, 0.1) is 13.2 Å². The van der Waals surface area contributed by atoms with Crippen LogP contribution in [0.5, 0.6) is 0 Å². The molecule has 58 heavy (non-hydrogen) atoms. The molecular weight excluding hydrogens is 757 g/mol. The molecule has 0 aromatic rings. The van der Waals surface area contributed by atoms with Crippen LogP contribution in [0.1, 0.15) is 168 Å². The third-order valence-corrected chi connectivity index (χ3v) is 9.88. The summed E-state index contributed by atoms with van der Waals surface area (Å²) in [5, 5.41) is 8.89. The third-order valence-electron chi connectivity index (χ3n) is 8.93. The van der Waals surface area contributed by atoms with E-state index in [0.29, 0.717) is 12.8 Å². The highest BCUT2D eigenvalue weighted by Gasteiger charge is 2.28. The summed E-state index contributed by atoms with van der Waals surface area (Å²) in [7, 11) is -4.73. The minimum absolute atomic E-state index is 0.127. The molecule has 12 heteroatoms. The second-order valence-electron chi connectivity index (χ2n) is 14.5. The monoisotopic (exact) mass is 836 g/mol. The Balaban J connectivity index is 4.47. The molecule has 0 aromatic heterocycles. The van der Waals surface area contributed by atoms with Crippen molar-refractivity contribution in [3.8, 4) is 0 Å². The van der Waals surface area contributed by atoms with E-state index in [1.54, 1.807) is 0 Å². The molecule has 0 saturated heterocycles. The van der Waals surface area contributed by atoms with Gasteiger partial charge >= 0.3 is 25.7 Å². The summed E-state index contributed by atoms with van der Waals surface area (Å²) < 4.78 is 32.7. The normalized spacial score (nSPS) is 14.4. The number of carbonyl (C=O) groups is 3. The van der Waals surface area contributed by atoms with E-state index >= 15 is 0 Å². The summed E-state index contributed by atoms with van der Waals surface area (Å²) in [6.45, 7) is 2.69. The number of hydrogen-bond acceptors (Lipinski definition) is 9. The number of nitrogens with two attached hydrogens (primary N) is 1. The Kier molecular flexibility index (Phi) is 38.5. The van der Waals surface area contributed by atoms with E-state index in [2.05, 4.69) is 91.3 Å². The van der Waals surface area contributed by atoms with Crippen LogP contribution in [0.2, 0.25) is 0 Å². The SMILES string of the molecule is CCCCC/C=C/C/C=C/C/C=C/CCCCCCC(=O)OC[C@H](COP(=O)(O)OC[C@H](N)C(=O)O)OC(=O)CCCCCC/C=C/C/C=C/C/C=C/CCCCC. The summed E-state index contributed by atoms with van der Waals surface area (Å²) in [6, 6.07) is -1.53. The van der Waals surface area contributed by atoms with Gasteiger partial charge in [-0.2, -0.15) is 0 Å². The fourth-order valence-corrected chi connectivity index (χ4v) is 6.21. The van der Waals surface area contributed by atoms with Gasteiger partial charge in [-0.15, -0.1) is 0 Å². The molecule has 0 bridgehead atoms. The van der Waals surface area contributed by atoms with Crippen LogP contribution in [0.25, 0.3) is 0 Å². The van der Waals surface area contributed by atoms with Crippen LogP contribution in [-0.2, 0) is 37.5 Å². The molecule has 332 valence electrons. The van der Waals surface area contributed by atoms with Gasteiger partial charge in [-0.05, 0) is 89.9 Å². The lowest BCUT2D eigenvalue weighted by atomic mass is 10.1. The maximum absolute atomic E-state index is 12.6. The quantitative estimate of drug-likeness (QED) is 0.0232. The number of carbonyl (C=O) groups excluding carboxylic acids is 2. The molecule has 4 N–H and O–H groups in total. The Morgan fingerprint density at radius 1 is 0.534 bits per heavy atom. The number of esters is 2. The number of unbranched alkanes of at least 4 members (excludes halogenated alkanes) is 14. The van der Waals surface area contributed by atoms with Gasteiger partial charge in [0.15, 0.2) is 6.10 Å². The highest BCUT2D eigenvalue weighted by molar-refractivity contribution is 7.47. The minimum atomic E-state index is -4.73. The average Bonchev–Trinajstić information content (AvgIpc) is 3.20. The number of ether oxygens (including phenoxy) is 2. The van der Waals surface area contributed by atoms with Crippen molar-refractivity contribution < 1.29 is 47.5 Å². The van der Waals surface area contributed by atoms with E-state index in [1.165, 1.54) is 38.5 Å². The molecule has 11 nitrogen and oxygen atoms in total. The highest BCUT2D eigenvalue weighted by atomic mass is 31.2. The maximum Gasteiger partial charge on any atom is 0.472 e. The van der Waals surface area contributed by atoms with E-state index in [4.69, 9.17) is 24.8 Å².